The third-order valence-corrected chi connectivity index (χ3v) is 5.28. The average Bonchev–Trinajstić information content (AvgIpc) is 2.89. The minimum Gasteiger partial charge on any atom is -0.381 e. The first-order valence-corrected chi connectivity index (χ1v) is 10.7. The monoisotopic (exact) mass is 467 g/mol. The van der Waals surface area contributed by atoms with Crippen LogP contribution in [0.3, 0.4) is 0 Å². The molecule has 174 valence electrons. The van der Waals surface area contributed by atoms with Crippen molar-refractivity contribution in [3.8, 4) is 12.3 Å². The van der Waals surface area contributed by atoms with Gasteiger partial charge in [-0.3, -0.25) is 14.4 Å². The van der Waals surface area contributed by atoms with Crippen molar-refractivity contribution in [1.29, 1.82) is 0 Å². The minimum absolute atomic E-state index is 0.0886. The Labute approximate surface area is 200 Å². The van der Waals surface area contributed by atoms with Crippen LogP contribution in [0.4, 0.5) is 5.82 Å². The summed E-state index contributed by atoms with van der Waals surface area (Å²) >= 11 is 0. The van der Waals surface area contributed by atoms with Gasteiger partial charge in [-0.25, -0.2) is 9.97 Å². The molecule has 0 aliphatic rings. The van der Waals surface area contributed by atoms with Crippen LogP contribution in [0.5, 0.6) is 0 Å². The Morgan fingerprint density at radius 1 is 1.03 bits per heavy atom. The number of aliphatic hydroxyl groups is 1. The zero-order valence-electron chi connectivity index (χ0n) is 18.5. The molecule has 35 heavy (non-hydrogen) atoms. The lowest BCUT2D eigenvalue weighted by molar-refractivity contribution is -0.125. The van der Waals surface area contributed by atoms with Crippen LogP contribution in [0, 0.1) is 12.3 Å². The van der Waals surface area contributed by atoms with E-state index in [1.54, 1.807) is 60.7 Å². The van der Waals surface area contributed by atoms with Gasteiger partial charge < -0.3 is 20.3 Å². The number of nitrogens with one attached hydrogen (secondary N) is 2. The number of terminal acetylenes is 1. The Morgan fingerprint density at radius 3 is 2.49 bits per heavy atom. The molecule has 0 aliphatic carbocycles. The van der Waals surface area contributed by atoms with Crippen LogP contribution >= 0.6 is 0 Å². The molecule has 0 saturated carbocycles. The summed E-state index contributed by atoms with van der Waals surface area (Å²) in [5.74, 6) is 1.17. The molecule has 4 rings (SSSR count). The number of hydrogen-bond acceptors (Lipinski definition) is 6. The topological polar surface area (TPSA) is 126 Å². The zero-order chi connectivity index (χ0) is 24.8. The maximum absolute atomic E-state index is 13.3. The Hall–Kier alpha value is -4.81. The highest BCUT2D eigenvalue weighted by Gasteiger charge is 2.30. The lowest BCUT2D eigenvalue weighted by Crippen LogP contribution is -2.43. The third kappa shape index (κ3) is 5.08. The van der Waals surface area contributed by atoms with E-state index >= 15 is 0 Å². The molecule has 0 saturated heterocycles. The molecule has 3 aromatic heterocycles. The summed E-state index contributed by atoms with van der Waals surface area (Å²) in [5, 5.41) is 16.3. The molecule has 1 aromatic carbocycles. The zero-order valence-corrected chi connectivity index (χ0v) is 18.5. The molecule has 0 radical (unpaired) electrons. The van der Waals surface area contributed by atoms with Gasteiger partial charge in [0.25, 0.3) is 11.8 Å². The molecule has 0 fully saturated rings. The van der Waals surface area contributed by atoms with E-state index in [0.717, 1.165) is 0 Å². The van der Waals surface area contributed by atoms with Gasteiger partial charge in [0.05, 0.1) is 18.0 Å². The van der Waals surface area contributed by atoms with Gasteiger partial charge >= 0.3 is 0 Å². The van der Waals surface area contributed by atoms with Gasteiger partial charge in [0, 0.05) is 18.6 Å². The summed E-state index contributed by atoms with van der Waals surface area (Å²) in [6.45, 7) is 0.0886. The summed E-state index contributed by atoms with van der Waals surface area (Å²) in [6.07, 6.45) is 8.11. The first-order valence-electron chi connectivity index (χ1n) is 10.7. The molecule has 0 aliphatic heterocycles. The van der Waals surface area contributed by atoms with Crippen LogP contribution in [0.2, 0.25) is 0 Å². The number of amides is 2. The van der Waals surface area contributed by atoms with Gasteiger partial charge in [-0.05, 0) is 29.8 Å². The Bertz CT molecular complexity index is 1460. The maximum atomic E-state index is 13.3. The molecule has 0 spiro atoms. The van der Waals surface area contributed by atoms with Crippen molar-refractivity contribution < 1.29 is 14.7 Å². The molecular formula is C26H21N5O4. The predicted molar refractivity (Wildman–Crippen MR) is 130 cm³/mol. The Morgan fingerprint density at radius 2 is 1.77 bits per heavy atom. The molecular weight excluding hydrogens is 446 g/mol. The van der Waals surface area contributed by atoms with Crippen molar-refractivity contribution in [2.45, 2.75) is 18.7 Å². The van der Waals surface area contributed by atoms with E-state index in [4.69, 9.17) is 6.42 Å². The summed E-state index contributed by atoms with van der Waals surface area (Å²) in [5.41, 5.74) is 0.0782. The molecule has 4 aromatic rings. The number of aromatic nitrogens is 3. The Kier molecular flexibility index (Phi) is 6.95. The fourth-order valence-electron chi connectivity index (χ4n) is 3.62. The summed E-state index contributed by atoms with van der Waals surface area (Å²) in [4.78, 5) is 47.3. The lowest BCUT2D eigenvalue weighted by Gasteiger charge is -2.24. The van der Waals surface area contributed by atoms with Crippen LogP contribution in [-0.4, -0.2) is 37.6 Å². The van der Waals surface area contributed by atoms with Crippen molar-refractivity contribution >= 4 is 28.7 Å². The number of fused-ring (bicyclic) bond motifs is 1. The van der Waals surface area contributed by atoms with E-state index in [1.807, 2.05) is 0 Å². The SMILES string of the molecule is C#CCn1cc(C(=O)NC(c2ccccc2)C(O)C(=O)Nc2ccccn2)c(=O)c2cccnc21. The number of aliphatic hydroxyl groups excluding tert-OH is 1. The molecule has 2 unspecified atom stereocenters. The number of carbonyl (C=O) groups is 2. The Balaban J connectivity index is 1.69. The largest absolute Gasteiger partial charge is 0.381 e. The number of benzene rings is 1. The van der Waals surface area contributed by atoms with Gasteiger partial charge in [-0.2, -0.15) is 0 Å². The van der Waals surface area contributed by atoms with Gasteiger partial charge in [0.2, 0.25) is 5.43 Å². The first kappa shape index (κ1) is 23.4. The summed E-state index contributed by atoms with van der Waals surface area (Å²) in [7, 11) is 0. The van der Waals surface area contributed by atoms with Crippen molar-refractivity contribution in [2.75, 3.05) is 5.32 Å². The van der Waals surface area contributed by atoms with Crippen LogP contribution in [0.25, 0.3) is 11.0 Å². The predicted octanol–water partition coefficient (Wildman–Crippen LogP) is 1.90. The second-order valence-corrected chi connectivity index (χ2v) is 7.59. The quantitative estimate of drug-likeness (QED) is 0.357. The number of carbonyl (C=O) groups excluding carboxylic acids is 2. The highest BCUT2D eigenvalue weighted by Crippen LogP contribution is 2.19. The summed E-state index contributed by atoms with van der Waals surface area (Å²) in [6, 6.07) is 15.4. The number of hydrogen-bond donors (Lipinski definition) is 3. The number of nitrogens with zero attached hydrogens (tertiary/aromatic N) is 3. The van der Waals surface area contributed by atoms with E-state index in [9.17, 15) is 19.5 Å². The lowest BCUT2D eigenvalue weighted by atomic mass is 10.00. The highest BCUT2D eigenvalue weighted by molar-refractivity contribution is 5.98. The smallest absolute Gasteiger partial charge is 0.257 e. The van der Waals surface area contributed by atoms with Crippen molar-refractivity contribution in [1.82, 2.24) is 19.9 Å². The van der Waals surface area contributed by atoms with E-state index in [2.05, 4.69) is 26.5 Å². The number of rotatable bonds is 7. The normalized spacial score (nSPS) is 12.3. The third-order valence-electron chi connectivity index (χ3n) is 5.28. The van der Waals surface area contributed by atoms with Gasteiger partial charge in [-0.1, -0.05) is 42.3 Å². The molecule has 2 amide bonds. The maximum Gasteiger partial charge on any atom is 0.257 e. The van der Waals surface area contributed by atoms with E-state index in [-0.39, 0.29) is 23.3 Å². The van der Waals surface area contributed by atoms with Crippen molar-refractivity contribution in [2.24, 2.45) is 0 Å². The molecule has 3 N–H and O–H groups in total. The second kappa shape index (κ2) is 10.4. The fourth-order valence-corrected chi connectivity index (χ4v) is 3.62. The second-order valence-electron chi connectivity index (χ2n) is 7.59. The van der Waals surface area contributed by atoms with Crippen LogP contribution in [0.1, 0.15) is 22.0 Å². The standard InChI is InChI=1S/C26H21N5O4/c1-2-15-31-16-19(22(32)18-11-8-14-28-24(18)31)25(34)30-21(17-9-4-3-5-10-17)23(33)26(35)29-20-12-6-7-13-27-20/h1,3-14,16,21,23,33H,15H2,(H,30,34)(H,27,29,35). The van der Waals surface area contributed by atoms with Crippen molar-refractivity contribution in [3.05, 3.63) is 101 Å². The van der Waals surface area contributed by atoms with Crippen LogP contribution < -0.4 is 16.1 Å². The highest BCUT2D eigenvalue weighted by atomic mass is 16.3. The van der Waals surface area contributed by atoms with Gasteiger partial charge in [0.1, 0.15) is 17.0 Å². The molecule has 0 bridgehead atoms. The first-order chi connectivity index (χ1) is 17.0. The van der Waals surface area contributed by atoms with Gasteiger partial charge in [0.15, 0.2) is 6.10 Å². The number of pyridine rings is 3. The van der Waals surface area contributed by atoms with Crippen LogP contribution in [0.15, 0.2) is 84.0 Å². The van der Waals surface area contributed by atoms with E-state index in [0.29, 0.717) is 11.2 Å². The van der Waals surface area contributed by atoms with E-state index in [1.165, 1.54) is 23.2 Å². The molecule has 3 heterocycles. The molecule has 2 atom stereocenters. The molecule has 9 heteroatoms. The minimum atomic E-state index is -1.68. The fraction of sp³-hybridized carbons (Fsp3) is 0.115. The summed E-state index contributed by atoms with van der Waals surface area (Å²) < 4.78 is 1.52. The van der Waals surface area contributed by atoms with Gasteiger partial charge in [-0.15, -0.1) is 6.42 Å². The molecule has 9 nitrogen and oxygen atoms in total. The average molecular weight is 467 g/mol. The number of anilines is 1. The van der Waals surface area contributed by atoms with E-state index < -0.39 is 29.4 Å². The van der Waals surface area contributed by atoms with Crippen LogP contribution in [-0.2, 0) is 11.3 Å². The van der Waals surface area contributed by atoms with Crippen molar-refractivity contribution in [3.63, 3.8) is 0 Å².